The summed E-state index contributed by atoms with van der Waals surface area (Å²) >= 11 is 3.27. The van der Waals surface area contributed by atoms with Crippen LogP contribution >= 0.6 is 15.9 Å². The molecule has 0 bridgehead atoms. The van der Waals surface area contributed by atoms with Crippen LogP contribution in [0.25, 0.3) is 0 Å². The minimum atomic E-state index is -3.56. The van der Waals surface area contributed by atoms with Gasteiger partial charge in [-0.25, -0.2) is 18.7 Å². The van der Waals surface area contributed by atoms with Crippen molar-refractivity contribution in [3.63, 3.8) is 0 Å². The lowest BCUT2D eigenvalue weighted by atomic mass is 10.4. The zero-order valence-electron chi connectivity index (χ0n) is 12.2. The second kappa shape index (κ2) is 7.40. The maximum atomic E-state index is 12.6. The second-order valence-corrected chi connectivity index (χ2v) is 7.42. The van der Waals surface area contributed by atoms with Crippen molar-refractivity contribution in [2.24, 2.45) is 0 Å². The van der Waals surface area contributed by atoms with Gasteiger partial charge in [-0.3, -0.25) is 4.84 Å². The van der Waals surface area contributed by atoms with Gasteiger partial charge in [0.2, 0.25) is 10.0 Å². The van der Waals surface area contributed by atoms with Gasteiger partial charge in [-0.05, 0) is 35.0 Å². The SMILES string of the molecule is CCONC(=O)N1CCN(S(=O)(=O)c2ccccc2Br)CC1. The maximum Gasteiger partial charge on any atom is 0.341 e. The lowest BCUT2D eigenvalue weighted by molar-refractivity contribution is 0.0515. The number of rotatable bonds is 4. The van der Waals surface area contributed by atoms with Crippen LogP contribution < -0.4 is 5.48 Å². The van der Waals surface area contributed by atoms with Gasteiger partial charge in [-0.1, -0.05) is 12.1 Å². The number of benzene rings is 1. The van der Waals surface area contributed by atoms with Crippen LogP contribution in [-0.2, 0) is 14.9 Å². The molecule has 1 aromatic rings. The average Bonchev–Trinajstić information content (AvgIpc) is 2.53. The van der Waals surface area contributed by atoms with Gasteiger partial charge in [0.1, 0.15) is 0 Å². The Hall–Kier alpha value is -1.16. The van der Waals surface area contributed by atoms with Gasteiger partial charge in [-0.2, -0.15) is 4.31 Å². The van der Waals surface area contributed by atoms with Gasteiger partial charge >= 0.3 is 6.03 Å². The number of sulfonamides is 1. The Bertz CT molecular complexity index is 630. The molecular weight excluding hydrogens is 374 g/mol. The smallest absolute Gasteiger partial charge is 0.320 e. The molecule has 1 aliphatic heterocycles. The number of carbonyl (C=O) groups excluding carboxylic acids is 1. The molecule has 2 rings (SSSR count). The van der Waals surface area contributed by atoms with E-state index in [1.165, 1.54) is 9.21 Å². The Morgan fingerprint density at radius 3 is 2.50 bits per heavy atom. The number of piperazine rings is 1. The predicted octanol–water partition coefficient (Wildman–Crippen LogP) is 1.42. The third-order valence-corrected chi connectivity index (χ3v) is 6.19. The molecular formula is C13H18BrN3O4S. The highest BCUT2D eigenvalue weighted by molar-refractivity contribution is 9.10. The van der Waals surface area contributed by atoms with Crippen molar-refractivity contribution < 1.29 is 18.0 Å². The summed E-state index contributed by atoms with van der Waals surface area (Å²) in [6, 6.07) is 6.36. The number of hydroxylamine groups is 1. The summed E-state index contributed by atoms with van der Waals surface area (Å²) in [7, 11) is -3.56. The molecule has 22 heavy (non-hydrogen) atoms. The third kappa shape index (κ3) is 3.78. The van der Waals surface area contributed by atoms with E-state index in [1.807, 2.05) is 0 Å². The summed E-state index contributed by atoms with van der Waals surface area (Å²) in [5.74, 6) is 0. The van der Waals surface area contributed by atoms with Crippen molar-refractivity contribution in [2.75, 3.05) is 32.8 Å². The van der Waals surface area contributed by atoms with Gasteiger partial charge in [-0.15, -0.1) is 0 Å². The standard InChI is InChI=1S/C13H18BrN3O4S/c1-2-21-15-13(18)16-7-9-17(10-8-16)22(19,20)12-6-4-3-5-11(12)14/h3-6H,2,7-10H2,1H3,(H,15,18). The Labute approximate surface area is 138 Å². The second-order valence-electron chi connectivity index (χ2n) is 4.66. The molecule has 0 unspecified atom stereocenters. The number of nitrogens with one attached hydrogen (secondary N) is 1. The number of amides is 2. The normalized spacial score (nSPS) is 16.5. The molecule has 1 N–H and O–H groups in total. The van der Waals surface area contributed by atoms with Crippen LogP contribution in [0.4, 0.5) is 4.79 Å². The van der Waals surface area contributed by atoms with E-state index in [0.29, 0.717) is 24.2 Å². The molecule has 1 fully saturated rings. The summed E-state index contributed by atoms with van der Waals surface area (Å²) in [4.78, 5) is 18.4. The third-order valence-electron chi connectivity index (χ3n) is 3.28. The molecule has 1 aromatic carbocycles. The highest BCUT2D eigenvalue weighted by Gasteiger charge is 2.31. The first-order chi connectivity index (χ1) is 10.5. The van der Waals surface area contributed by atoms with Gasteiger partial charge in [0.25, 0.3) is 0 Å². The van der Waals surface area contributed by atoms with Crippen molar-refractivity contribution in [2.45, 2.75) is 11.8 Å². The molecule has 122 valence electrons. The molecule has 0 aliphatic carbocycles. The monoisotopic (exact) mass is 391 g/mol. The number of urea groups is 1. The van der Waals surface area contributed by atoms with Crippen LogP contribution in [0.3, 0.4) is 0 Å². The molecule has 1 saturated heterocycles. The first-order valence-electron chi connectivity index (χ1n) is 6.88. The van der Waals surface area contributed by atoms with Crippen LogP contribution in [-0.4, -0.2) is 56.4 Å². The highest BCUT2D eigenvalue weighted by Crippen LogP contribution is 2.25. The van der Waals surface area contributed by atoms with Crippen LogP contribution in [0.1, 0.15) is 6.92 Å². The molecule has 1 heterocycles. The van der Waals surface area contributed by atoms with Crippen molar-refractivity contribution in [3.05, 3.63) is 28.7 Å². The van der Waals surface area contributed by atoms with E-state index in [2.05, 4.69) is 21.4 Å². The molecule has 0 atom stereocenters. The summed E-state index contributed by atoms with van der Waals surface area (Å²) in [6.07, 6.45) is 0. The molecule has 1 aliphatic rings. The highest BCUT2D eigenvalue weighted by atomic mass is 79.9. The number of nitrogens with zero attached hydrogens (tertiary/aromatic N) is 2. The van der Waals surface area contributed by atoms with Gasteiger partial charge < -0.3 is 4.90 Å². The van der Waals surface area contributed by atoms with Gasteiger partial charge in [0.15, 0.2) is 0 Å². The fourth-order valence-electron chi connectivity index (χ4n) is 2.12. The van der Waals surface area contributed by atoms with Crippen molar-refractivity contribution in [1.29, 1.82) is 0 Å². The van der Waals surface area contributed by atoms with Crippen LogP contribution in [0, 0.1) is 0 Å². The quantitative estimate of drug-likeness (QED) is 0.787. The van der Waals surface area contributed by atoms with Gasteiger partial charge in [0, 0.05) is 30.7 Å². The molecule has 0 aromatic heterocycles. The number of hydrogen-bond acceptors (Lipinski definition) is 4. The van der Waals surface area contributed by atoms with Gasteiger partial charge in [0.05, 0.1) is 11.5 Å². The summed E-state index contributed by atoms with van der Waals surface area (Å²) in [6.45, 7) is 3.29. The summed E-state index contributed by atoms with van der Waals surface area (Å²) in [5, 5.41) is 0. The van der Waals surface area contributed by atoms with E-state index < -0.39 is 10.0 Å². The molecule has 2 amide bonds. The number of carbonyl (C=O) groups is 1. The fraction of sp³-hybridized carbons (Fsp3) is 0.462. The molecule has 7 nitrogen and oxygen atoms in total. The van der Waals surface area contributed by atoms with Crippen molar-refractivity contribution in [3.8, 4) is 0 Å². The van der Waals surface area contributed by atoms with E-state index in [1.54, 1.807) is 31.2 Å². The average molecular weight is 392 g/mol. The van der Waals surface area contributed by atoms with E-state index in [4.69, 9.17) is 4.84 Å². The van der Waals surface area contributed by atoms with Crippen molar-refractivity contribution >= 4 is 32.0 Å². The van der Waals surface area contributed by atoms with Crippen LogP contribution in [0.5, 0.6) is 0 Å². The van der Waals surface area contributed by atoms with E-state index in [9.17, 15) is 13.2 Å². The topological polar surface area (TPSA) is 79.0 Å². The number of hydrogen-bond donors (Lipinski definition) is 1. The zero-order chi connectivity index (χ0) is 16.2. The predicted molar refractivity (Wildman–Crippen MR) is 84.6 cm³/mol. The molecule has 9 heteroatoms. The van der Waals surface area contributed by atoms with Crippen LogP contribution in [0.2, 0.25) is 0 Å². The van der Waals surface area contributed by atoms with E-state index >= 15 is 0 Å². The van der Waals surface area contributed by atoms with E-state index in [-0.39, 0.29) is 24.0 Å². The number of halogens is 1. The van der Waals surface area contributed by atoms with Crippen LogP contribution in [0.15, 0.2) is 33.6 Å². The van der Waals surface area contributed by atoms with E-state index in [0.717, 1.165) is 0 Å². The molecule has 0 radical (unpaired) electrons. The molecule has 0 spiro atoms. The first kappa shape index (κ1) is 17.2. The Morgan fingerprint density at radius 2 is 1.91 bits per heavy atom. The Balaban J connectivity index is 2.02. The largest absolute Gasteiger partial charge is 0.341 e. The Kier molecular flexibility index (Phi) is 5.79. The zero-order valence-corrected chi connectivity index (χ0v) is 14.6. The Morgan fingerprint density at radius 1 is 1.27 bits per heavy atom. The lowest BCUT2D eigenvalue weighted by Gasteiger charge is -2.33. The fourth-order valence-corrected chi connectivity index (χ4v) is 4.51. The van der Waals surface area contributed by atoms with Crippen molar-refractivity contribution in [1.82, 2.24) is 14.7 Å². The minimum Gasteiger partial charge on any atom is -0.320 e. The summed E-state index contributed by atoms with van der Waals surface area (Å²) in [5.41, 5.74) is 2.31. The first-order valence-corrected chi connectivity index (χ1v) is 9.11. The molecule has 0 saturated carbocycles. The minimum absolute atomic E-state index is 0.238. The lowest BCUT2D eigenvalue weighted by Crippen LogP contribution is -2.53. The summed E-state index contributed by atoms with van der Waals surface area (Å²) < 4.78 is 27.1. The maximum absolute atomic E-state index is 12.6.